The van der Waals surface area contributed by atoms with E-state index >= 15 is 0 Å². The minimum absolute atomic E-state index is 0.510. The van der Waals surface area contributed by atoms with Crippen molar-refractivity contribution in [1.29, 1.82) is 0 Å². The van der Waals surface area contributed by atoms with Crippen LogP contribution in [0.5, 0.6) is 0 Å². The zero-order valence-electron chi connectivity index (χ0n) is 13.8. The van der Waals surface area contributed by atoms with Gasteiger partial charge in [-0.05, 0) is 36.6 Å². The van der Waals surface area contributed by atoms with Crippen molar-refractivity contribution >= 4 is 17.0 Å². The van der Waals surface area contributed by atoms with Gasteiger partial charge in [0.05, 0.1) is 5.52 Å². The number of rotatable bonds is 5. The molecule has 2 aromatic rings. The molecule has 0 amide bonds. The molecule has 1 aromatic carbocycles. The summed E-state index contributed by atoms with van der Waals surface area (Å²) in [5, 5.41) is 4.71. The minimum atomic E-state index is 0.510. The van der Waals surface area contributed by atoms with E-state index in [1.165, 1.54) is 16.5 Å². The van der Waals surface area contributed by atoms with Crippen LogP contribution < -0.4 is 5.32 Å². The van der Waals surface area contributed by atoms with Crippen molar-refractivity contribution in [2.24, 2.45) is 5.92 Å². The van der Waals surface area contributed by atoms with Crippen LogP contribution in [-0.2, 0) is 0 Å². The molecule has 0 spiro atoms. The van der Waals surface area contributed by atoms with Crippen LogP contribution in [0.4, 0.5) is 0 Å². The molecule has 0 aliphatic rings. The second-order valence-electron chi connectivity index (χ2n) is 6.31. The third-order valence-electron chi connectivity index (χ3n) is 3.66. The quantitative estimate of drug-likeness (QED) is 0.868. The first kappa shape index (κ1) is 15.7. The molecule has 2 heteroatoms. The molecular formula is C19H26N2. The van der Waals surface area contributed by atoms with Crippen LogP contribution in [0.15, 0.2) is 35.9 Å². The monoisotopic (exact) mass is 282 g/mol. The number of aryl methyl sites for hydroxylation is 1. The Labute approximate surface area is 128 Å². The number of nitrogens with one attached hydrogen (secondary N) is 1. The summed E-state index contributed by atoms with van der Waals surface area (Å²) in [6.07, 6.45) is 2.30. The first-order valence-corrected chi connectivity index (χ1v) is 7.77. The number of aromatic nitrogens is 1. The molecule has 0 saturated carbocycles. The van der Waals surface area contributed by atoms with Gasteiger partial charge in [-0.15, -0.1) is 0 Å². The number of pyridine rings is 1. The molecule has 0 fully saturated rings. The molecular weight excluding hydrogens is 256 g/mol. The lowest BCUT2D eigenvalue weighted by Crippen LogP contribution is -2.26. The number of hydrogen-bond acceptors (Lipinski definition) is 2. The predicted octanol–water partition coefficient (Wildman–Crippen LogP) is 4.58. The highest BCUT2D eigenvalue weighted by Crippen LogP contribution is 2.19. The molecule has 1 N–H and O–H groups in total. The third-order valence-corrected chi connectivity index (χ3v) is 3.66. The standard InChI is InChI=1S/C19H26N2/c1-13(2)18(12-20-14(3)4)11-16-7-9-19-17(10-16)8-6-15(5)21-19/h6-11,13-14,20H,12H2,1-5H3/b18-11-. The molecule has 0 unspecified atom stereocenters. The summed E-state index contributed by atoms with van der Waals surface area (Å²) >= 11 is 0. The average Bonchev–Trinajstić information content (AvgIpc) is 2.43. The fourth-order valence-electron chi connectivity index (χ4n) is 2.29. The second-order valence-corrected chi connectivity index (χ2v) is 6.31. The van der Waals surface area contributed by atoms with Crippen molar-refractivity contribution in [1.82, 2.24) is 10.3 Å². The summed E-state index contributed by atoms with van der Waals surface area (Å²) < 4.78 is 0. The van der Waals surface area contributed by atoms with Crippen LogP contribution in [0, 0.1) is 12.8 Å². The van der Waals surface area contributed by atoms with E-state index in [0.29, 0.717) is 12.0 Å². The van der Waals surface area contributed by atoms with E-state index in [2.05, 4.69) is 74.4 Å². The Balaban J connectivity index is 2.30. The fourth-order valence-corrected chi connectivity index (χ4v) is 2.29. The Morgan fingerprint density at radius 2 is 1.90 bits per heavy atom. The zero-order chi connectivity index (χ0) is 15.4. The first-order valence-electron chi connectivity index (χ1n) is 7.77. The molecule has 0 radical (unpaired) electrons. The molecule has 0 aliphatic carbocycles. The van der Waals surface area contributed by atoms with Gasteiger partial charge in [-0.3, -0.25) is 4.98 Å². The number of nitrogens with zero attached hydrogens (tertiary/aromatic N) is 1. The highest BCUT2D eigenvalue weighted by molar-refractivity contribution is 5.81. The Morgan fingerprint density at radius 3 is 2.57 bits per heavy atom. The molecule has 1 aromatic heterocycles. The zero-order valence-corrected chi connectivity index (χ0v) is 13.8. The molecule has 0 aliphatic heterocycles. The van der Waals surface area contributed by atoms with Crippen molar-refractivity contribution in [2.45, 2.75) is 40.7 Å². The van der Waals surface area contributed by atoms with Gasteiger partial charge in [-0.1, -0.05) is 51.5 Å². The van der Waals surface area contributed by atoms with Gasteiger partial charge in [-0.2, -0.15) is 0 Å². The van der Waals surface area contributed by atoms with Crippen molar-refractivity contribution in [3.8, 4) is 0 Å². The van der Waals surface area contributed by atoms with Gasteiger partial charge < -0.3 is 5.32 Å². The SMILES string of the molecule is Cc1ccc2cc(/C=C(/CNC(C)C)C(C)C)ccc2n1. The first-order chi connectivity index (χ1) is 9.95. The Kier molecular flexibility index (Phi) is 5.13. The topological polar surface area (TPSA) is 24.9 Å². The van der Waals surface area contributed by atoms with Crippen LogP contribution >= 0.6 is 0 Å². The van der Waals surface area contributed by atoms with Crippen LogP contribution in [0.3, 0.4) is 0 Å². The van der Waals surface area contributed by atoms with E-state index in [-0.39, 0.29) is 0 Å². The van der Waals surface area contributed by atoms with Crippen molar-refractivity contribution in [3.05, 3.63) is 47.2 Å². The molecule has 112 valence electrons. The second kappa shape index (κ2) is 6.86. The van der Waals surface area contributed by atoms with E-state index in [4.69, 9.17) is 0 Å². The molecule has 0 bridgehead atoms. The number of hydrogen-bond donors (Lipinski definition) is 1. The van der Waals surface area contributed by atoms with Gasteiger partial charge in [0.25, 0.3) is 0 Å². The van der Waals surface area contributed by atoms with Crippen molar-refractivity contribution in [3.63, 3.8) is 0 Å². The van der Waals surface area contributed by atoms with Gasteiger partial charge in [0.15, 0.2) is 0 Å². The molecule has 0 saturated heterocycles. The molecule has 2 nitrogen and oxygen atoms in total. The van der Waals surface area contributed by atoms with Crippen LogP contribution in [0.1, 0.15) is 39.0 Å². The van der Waals surface area contributed by atoms with E-state index in [1.807, 2.05) is 6.92 Å². The lowest BCUT2D eigenvalue weighted by Gasteiger charge is -2.15. The van der Waals surface area contributed by atoms with Crippen molar-refractivity contribution < 1.29 is 0 Å². The van der Waals surface area contributed by atoms with Gasteiger partial charge >= 0.3 is 0 Å². The van der Waals surface area contributed by atoms with Crippen LogP contribution in [0.25, 0.3) is 17.0 Å². The van der Waals surface area contributed by atoms with Gasteiger partial charge in [0, 0.05) is 23.7 Å². The van der Waals surface area contributed by atoms with Gasteiger partial charge in [0.2, 0.25) is 0 Å². The highest BCUT2D eigenvalue weighted by atomic mass is 14.9. The predicted molar refractivity (Wildman–Crippen MR) is 92.4 cm³/mol. The summed E-state index contributed by atoms with van der Waals surface area (Å²) in [5.74, 6) is 0.545. The summed E-state index contributed by atoms with van der Waals surface area (Å²) in [6.45, 7) is 11.8. The molecule has 2 rings (SSSR count). The van der Waals surface area contributed by atoms with Crippen LogP contribution in [0.2, 0.25) is 0 Å². The van der Waals surface area contributed by atoms with E-state index in [0.717, 1.165) is 17.8 Å². The van der Waals surface area contributed by atoms with Gasteiger partial charge in [-0.25, -0.2) is 0 Å². The summed E-state index contributed by atoms with van der Waals surface area (Å²) in [6, 6.07) is 11.2. The summed E-state index contributed by atoms with van der Waals surface area (Å²) in [5.41, 5.74) is 4.82. The van der Waals surface area contributed by atoms with Gasteiger partial charge in [0.1, 0.15) is 0 Å². The number of benzene rings is 1. The lowest BCUT2D eigenvalue weighted by molar-refractivity contribution is 0.593. The maximum atomic E-state index is 4.56. The summed E-state index contributed by atoms with van der Waals surface area (Å²) in [7, 11) is 0. The van der Waals surface area contributed by atoms with Crippen molar-refractivity contribution in [2.75, 3.05) is 6.54 Å². The molecule has 21 heavy (non-hydrogen) atoms. The Bertz CT molecular complexity index is 639. The summed E-state index contributed by atoms with van der Waals surface area (Å²) in [4.78, 5) is 4.56. The number of fused-ring (bicyclic) bond motifs is 1. The Morgan fingerprint density at radius 1 is 1.14 bits per heavy atom. The maximum absolute atomic E-state index is 4.56. The highest BCUT2D eigenvalue weighted by Gasteiger charge is 2.05. The minimum Gasteiger partial charge on any atom is -0.311 e. The maximum Gasteiger partial charge on any atom is 0.0705 e. The Hall–Kier alpha value is -1.67. The molecule has 0 atom stereocenters. The smallest absolute Gasteiger partial charge is 0.0705 e. The van der Waals surface area contributed by atoms with E-state index in [1.54, 1.807) is 0 Å². The fraction of sp³-hybridized carbons (Fsp3) is 0.421. The lowest BCUT2D eigenvalue weighted by atomic mass is 9.99. The van der Waals surface area contributed by atoms with E-state index in [9.17, 15) is 0 Å². The largest absolute Gasteiger partial charge is 0.311 e. The average molecular weight is 282 g/mol. The normalized spacial score (nSPS) is 12.6. The van der Waals surface area contributed by atoms with E-state index < -0.39 is 0 Å². The van der Waals surface area contributed by atoms with Crippen LogP contribution in [-0.4, -0.2) is 17.6 Å². The molecule has 1 heterocycles. The third kappa shape index (κ3) is 4.40.